The van der Waals surface area contributed by atoms with Crippen LogP contribution in [-0.4, -0.2) is 36.7 Å². The molecule has 23 heavy (non-hydrogen) atoms. The minimum absolute atomic E-state index is 0.282. The van der Waals surface area contributed by atoms with E-state index < -0.39 is 0 Å². The van der Waals surface area contributed by atoms with Crippen LogP contribution in [0.15, 0.2) is 24.3 Å². The molecule has 1 aliphatic rings. The van der Waals surface area contributed by atoms with Crippen molar-refractivity contribution in [3.05, 3.63) is 35.4 Å². The molecule has 1 aromatic rings. The van der Waals surface area contributed by atoms with Crippen LogP contribution < -0.4 is 0 Å². The highest BCUT2D eigenvalue weighted by Crippen LogP contribution is 2.27. The third kappa shape index (κ3) is 5.32. The molecule has 1 saturated heterocycles. The van der Waals surface area contributed by atoms with Gasteiger partial charge in [0.25, 0.3) is 0 Å². The van der Waals surface area contributed by atoms with E-state index >= 15 is 0 Å². The Hall–Kier alpha value is -0.860. The fraction of sp³-hybridized carbons (Fsp3) is 0.714. The lowest BCUT2D eigenvalue weighted by atomic mass is 9.82. The number of benzene rings is 1. The highest BCUT2D eigenvalue weighted by molar-refractivity contribution is 5.28. The first-order chi connectivity index (χ1) is 10.8. The van der Waals surface area contributed by atoms with Gasteiger partial charge in [0, 0.05) is 19.6 Å². The van der Waals surface area contributed by atoms with Crippen LogP contribution in [0.5, 0.6) is 0 Å². The van der Waals surface area contributed by atoms with Crippen molar-refractivity contribution in [1.29, 1.82) is 0 Å². The van der Waals surface area contributed by atoms with Crippen LogP contribution in [-0.2, 0) is 16.6 Å². The van der Waals surface area contributed by atoms with Crippen molar-refractivity contribution in [2.75, 3.05) is 19.6 Å². The standard InChI is InChI=1S/C21H35NO/c1-7-21(5,6)20-10-8-19(9-11-20)12-16(2)13-22-14-17(3)23-18(4)15-22/h8-11,16-18H,7,12-15H2,1-6H3/t16-,17?,18?/m1/s1. The second-order valence-electron chi connectivity index (χ2n) is 8.22. The van der Waals surface area contributed by atoms with Crippen LogP contribution >= 0.6 is 0 Å². The molecule has 2 nitrogen and oxygen atoms in total. The molecule has 0 aromatic heterocycles. The van der Waals surface area contributed by atoms with Crippen molar-refractivity contribution in [3.63, 3.8) is 0 Å². The summed E-state index contributed by atoms with van der Waals surface area (Å²) < 4.78 is 5.83. The van der Waals surface area contributed by atoms with Crippen LogP contribution in [0.25, 0.3) is 0 Å². The van der Waals surface area contributed by atoms with Gasteiger partial charge in [0.1, 0.15) is 0 Å². The predicted octanol–water partition coefficient (Wildman–Crippen LogP) is 4.66. The summed E-state index contributed by atoms with van der Waals surface area (Å²) in [6.45, 7) is 17.0. The molecule has 1 aromatic carbocycles. The molecule has 0 amide bonds. The monoisotopic (exact) mass is 317 g/mol. The van der Waals surface area contributed by atoms with Crippen LogP contribution in [0.4, 0.5) is 0 Å². The lowest BCUT2D eigenvalue weighted by Crippen LogP contribution is -2.47. The molecule has 0 N–H and O–H groups in total. The van der Waals surface area contributed by atoms with Gasteiger partial charge in [-0.3, -0.25) is 4.90 Å². The number of nitrogens with zero attached hydrogens (tertiary/aromatic N) is 1. The Labute approximate surface area is 143 Å². The Morgan fingerprint density at radius 3 is 2.22 bits per heavy atom. The van der Waals surface area contributed by atoms with Gasteiger partial charge in [-0.1, -0.05) is 52.0 Å². The van der Waals surface area contributed by atoms with Crippen molar-refractivity contribution >= 4 is 0 Å². The largest absolute Gasteiger partial charge is 0.373 e. The van der Waals surface area contributed by atoms with E-state index in [4.69, 9.17) is 4.74 Å². The molecule has 2 heteroatoms. The van der Waals surface area contributed by atoms with Gasteiger partial charge in [0.15, 0.2) is 0 Å². The van der Waals surface area contributed by atoms with Crippen molar-refractivity contribution in [2.24, 2.45) is 5.92 Å². The van der Waals surface area contributed by atoms with E-state index in [1.807, 2.05) is 0 Å². The maximum atomic E-state index is 5.83. The summed E-state index contributed by atoms with van der Waals surface area (Å²) in [6.07, 6.45) is 3.06. The summed E-state index contributed by atoms with van der Waals surface area (Å²) in [5.74, 6) is 0.678. The zero-order valence-corrected chi connectivity index (χ0v) is 15.9. The first-order valence-corrected chi connectivity index (χ1v) is 9.27. The number of rotatable bonds is 6. The third-order valence-electron chi connectivity index (χ3n) is 5.27. The highest BCUT2D eigenvalue weighted by atomic mass is 16.5. The van der Waals surface area contributed by atoms with Crippen molar-refractivity contribution in [3.8, 4) is 0 Å². The molecule has 0 aliphatic carbocycles. The van der Waals surface area contributed by atoms with Crippen molar-refractivity contribution in [2.45, 2.75) is 72.0 Å². The summed E-state index contributed by atoms with van der Waals surface area (Å²) in [6, 6.07) is 9.30. The van der Waals surface area contributed by atoms with Gasteiger partial charge in [-0.15, -0.1) is 0 Å². The van der Waals surface area contributed by atoms with E-state index in [-0.39, 0.29) is 5.41 Å². The summed E-state index contributed by atoms with van der Waals surface area (Å²) in [7, 11) is 0. The van der Waals surface area contributed by atoms with Crippen LogP contribution in [0.2, 0.25) is 0 Å². The van der Waals surface area contributed by atoms with Crippen molar-refractivity contribution in [1.82, 2.24) is 4.90 Å². The molecule has 3 atom stereocenters. The van der Waals surface area contributed by atoms with E-state index in [1.165, 1.54) is 24.1 Å². The summed E-state index contributed by atoms with van der Waals surface area (Å²) in [4.78, 5) is 2.57. The SMILES string of the molecule is CCC(C)(C)c1ccc(C[C@@H](C)CN2CC(C)OC(C)C2)cc1. The zero-order valence-electron chi connectivity index (χ0n) is 15.9. The Bertz CT molecular complexity index is 469. The number of hydrogen-bond acceptors (Lipinski definition) is 2. The molecule has 0 spiro atoms. The number of hydrogen-bond donors (Lipinski definition) is 0. The molecule has 130 valence electrons. The van der Waals surface area contributed by atoms with Crippen LogP contribution in [0, 0.1) is 5.92 Å². The topological polar surface area (TPSA) is 12.5 Å². The Kier molecular flexibility index (Phi) is 6.27. The quantitative estimate of drug-likeness (QED) is 0.756. The average molecular weight is 318 g/mol. The van der Waals surface area contributed by atoms with E-state index in [9.17, 15) is 0 Å². The van der Waals surface area contributed by atoms with Crippen LogP contribution in [0.3, 0.4) is 0 Å². The summed E-state index contributed by atoms with van der Waals surface area (Å²) in [5.41, 5.74) is 3.19. The smallest absolute Gasteiger partial charge is 0.0678 e. The second-order valence-corrected chi connectivity index (χ2v) is 8.22. The van der Waals surface area contributed by atoms with Crippen molar-refractivity contribution < 1.29 is 4.74 Å². The molecule has 2 rings (SSSR count). The normalized spacial score (nSPS) is 24.6. The van der Waals surface area contributed by atoms with Gasteiger partial charge >= 0.3 is 0 Å². The zero-order chi connectivity index (χ0) is 17.0. The number of ether oxygens (including phenoxy) is 1. The average Bonchev–Trinajstić information content (AvgIpc) is 2.46. The molecular formula is C21H35NO. The van der Waals surface area contributed by atoms with Gasteiger partial charge < -0.3 is 4.74 Å². The van der Waals surface area contributed by atoms with Crippen LogP contribution in [0.1, 0.15) is 59.1 Å². The summed E-state index contributed by atoms with van der Waals surface area (Å²) in [5, 5.41) is 0. The lowest BCUT2D eigenvalue weighted by Gasteiger charge is -2.36. The van der Waals surface area contributed by atoms with Gasteiger partial charge in [0.2, 0.25) is 0 Å². The van der Waals surface area contributed by atoms with E-state index in [1.54, 1.807) is 0 Å². The predicted molar refractivity (Wildman–Crippen MR) is 99.1 cm³/mol. The first kappa shape index (κ1) is 18.5. The Balaban J connectivity index is 1.89. The fourth-order valence-electron chi connectivity index (χ4n) is 3.64. The van der Waals surface area contributed by atoms with Gasteiger partial charge in [-0.2, -0.15) is 0 Å². The van der Waals surface area contributed by atoms with Gasteiger partial charge in [0.05, 0.1) is 12.2 Å². The second kappa shape index (κ2) is 7.81. The molecular weight excluding hydrogens is 282 g/mol. The molecule has 1 fully saturated rings. The van der Waals surface area contributed by atoms with Gasteiger partial charge in [-0.25, -0.2) is 0 Å². The molecule has 1 aliphatic heterocycles. The Morgan fingerprint density at radius 2 is 1.70 bits per heavy atom. The molecule has 0 radical (unpaired) electrons. The minimum Gasteiger partial charge on any atom is -0.373 e. The third-order valence-corrected chi connectivity index (χ3v) is 5.27. The van der Waals surface area contributed by atoms with Gasteiger partial charge in [-0.05, 0) is 49.1 Å². The minimum atomic E-state index is 0.282. The maximum absolute atomic E-state index is 5.83. The lowest BCUT2D eigenvalue weighted by molar-refractivity contribution is -0.0708. The molecule has 2 unspecified atom stereocenters. The molecule has 0 saturated carbocycles. The van der Waals surface area contributed by atoms with E-state index in [0.717, 1.165) is 19.5 Å². The Morgan fingerprint density at radius 1 is 1.13 bits per heavy atom. The molecule has 0 bridgehead atoms. The number of morpholine rings is 1. The summed E-state index contributed by atoms with van der Waals surface area (Å²) >= 11 is 0. The molecule has 1 heterocycles. The fourth-order valence-corrected chi connectivity index (χ4v) is 3.64. The first-order valence-electron chi connectivity index (χ1n) is 9.27. The maximum Gasteiger partial charge on any atom is 0.0678 e. The van der Waals surface area contributed by atoms with E-state index in [0.29, 0.717) is 18.1 Å². The highest BCUT2D eigenvalue weighted by Gasteiger charge is 2.23. The van der Waals surface area contributed by atoms with E-state index in [2.05, 4.69) is 70.7 Å².